The Bertz CT molecular complexity index is 7020. The van der Waals surface area contributed by atoms with Gasteiger partial charge in [0.1, 0.15) is 22.3 Å². The molecule has 15 aromatic carbocycles. The molecule has 0 saturated carbocycles. The predicted octanol–water partition coefficient (Wildman–Crippen LogP) is 28.9. The Morgan fingerprint density at radius 2 is 0.590 bits per heavy atom. The number of anilines is 6. The van der Waals surface area contributed by atoms with Gasteiger partial charge in [-0.15, -0.1) is 0 Å². The minimum atomic E-state index is -0.323. The van der Waals surface area contributed by atoms with Crippen LogP contribution >= 0.6 is 0 Å². The van der Waals surface area contributed by atoms with Gasteiger partial charge in [0, 0.05) is 93.8 Å². The SMILES string of the molecule is CC(C)(C)c1cc(-c2cccc3oc4ccccc4c23)c(N2c3ccccc3B3c4ccc(-n5c6ccc(C(C)(C)C)cc6c6cc(C(C)(C)C)ccc65)cc4N(c4c(-c5ccccc5)cccc4-c4ccccc4)c4cc(-n5c6ccc(C(C)(C)C)cc6c6cc(C(C)(C)C)ccc65)cc2c43)c(-c2cccc3oc4ccccc4c23)c1. The van der Waals surface area contributed by atoms with Crippen LogP contribution in [0.2, 0.25) is 0 Å². The van der Waals surface area contributed by atoms with E-state index in [1.54, 1.807) is 0 Å². The molecule has 6 heterocycles. The number of hydrogen-bond donors (Lipinski definition) is 0. The number of fused-ring (bicyclic) bond motifs is 16. The van der Waals surface area contributed by atoms with E-state index in [-0.39, 0.29) is 33.8 Å². The third-order valence-electron chi connectivity index (χ3n) is 25.5. The Kier molecular flexibility index (Phi) is 15.9. The van der Waals surface area contributed by atoms with Crippen molar-refractivity contribution < 1.29 is 8.83 Å². The Hall–Kier alpha value is -12.8. The van der Waals surface area contributed by atoms with Crippen LogP contribution in [-0.4, -0.2) is 15.8 Å². The molecule has 0 amide bonds. The molecule has 19 aromatic rings. The smallest absolute Gasteiger partial charge is 0.252 e. The Morgan fingerprint density at radius 3 is 1.03 bits per heavy atom. The van der Waals surface area contributed by atoms with Gasteiger partial charge in [-0.3, -0.25) is 0 Å². The quantitative estimate of drug-likeness (QED) is 0.142. The van der Waals surface area contributed by atoms with E-state index in [1.807, 2.05) is 0 Å². The second kappa shape index (κ2) is 25.8. The summed E-state index contributed by atoms with van der Waals surface area (Å²) in [6.07, 6.45) is 0. The molecule has 0 spiro atoms. The largest absolute Gasteiger partial charge is 0.456 e. The van der Waals surface area contributed by atoms with Crippen LogP contribution < -0.4 is 26.2 Å². The fourth-order valence-electron chi connectivity index (χ4n) is 19.3. The van der Waals surface area contributed by atoms with Gasteiger partial charge in [-0.05, 0) is 209 Å². The van der Waals surface area contributed by atoms with Crippen molar-refractivity contribution in [1.82, 2.24) is 9.13 Å². The van der Waals surface area contributed by atoms with E-state index in [2.05, 4.69) is 426 Å². The third-order valence-corrected chi connectivity index (χ3v) is 25.5. The summed E-state index contributed by atoms with van der Waals surface area (Å²) >= 11 is 0. The summed E-state index contributed by atoms with van der Waals surface area (Å²) in [5, 5.41) is 9.22. The van der Waals surface area contributed by atoms with Crippen molar-refractivity contribution in [3.8, 4) is 55.9 Å². The van der Waals surface area contributed by atoms with Gasteiger partial charge in [0.05, 0.1) is 39.1 Å². The Morgan fingerprint density at radius 1 is 0.239 bits per heavy atom. The van der Waals surface area contributed by atoms with Crippen LogP contribution in [0, 0.1) is 0 Å². The van der Waals surface area contributed by atoms with E-state index in [0.29, 0.717) is 0 Å². The highest BCUT2D eigenvalue weighted by Crippen LogP contribution is 2.57. The standard InChI is InChI=1S/C110H95BN4O2/c1-106(2,3)68-47-53-89-81(57-68)82-58-69(107(4,5)6)48-54-90(82)112(89)73-51-52-88-94(63-73)115(104-75(66-31-18-16-19-32-66)37-28-38-76(104)67-33-20-17-21-34-67)96-65-74(113-91-55-49-70(108(7,8)9)59-83(91)84-60-71(109(10,11)12)50-56-92(84)113)64-95-103(96)111(88)87-41-24-25-42-93(87)114(95)105-85(77-39-29-45-99-101(77)79-35-22-26-43-97(79)116-99)61-72(110(13,14)15)62-86(105)78-40-30-46-100-102(78)80-36-23-27-44-98(80)117-100/h16-65H,1-15H3. The maximum absolute atomic E-state index is 6.99. The summed E-state index contributed by atoms with van der Waals surface area (Å²) in [5.41, 5.74) is 34.7. The molecule has 0 unspecified atom stereocenters. The molecule has 2 aliphatic rings. The molecule has 6 nitrogen and oxygen atoms in total. The van der Waals surface area contributed by atoms with Crippen LogP contribution in [0.3, 0.4) is 0 Å². The van der Waals surface area contributed by atoms with Crippen LogP contribution in [0.5, 0.6) is 0 Å². The van der Waals surface area contributed by atoms with E-state index in [0.717, 1.165) is 145 Å². The molecular weight excluding hydrogens is 1420 g/mol. The fourth-order valence-corrected chi connectivity index (χ4v) is 19.3. The molecule has 0 aliphatic carbocycles. The van der Waals surface area contributed by atoms with Crippen molar-refractivity contribution in [3.63, 3.8) is 0 Å². The molecule has 0 fully saturated rings. The van der Waals surface area contributed by atoms with Gasteiger partial charge in [0.15, 0.2) is 0 Å². The van der Waals surface area contributed by atoms with Crippen molar-refractivity contribution in [3.05, 3.63) is 331 Å². The van der Waals surface area contributed by atoms with Crippen molar-refractivity contribution >= 4 is 145 Å². The highest BCUT2D eigenvalue weighted by Gasteiger charge is 2.47. The molecule has 2 aliphatic heterocycles. The number of benzene rings is 15. The first-order valence-corrected chi connectivity index (χ1v) is 41.7. The number of nitrogens with zero attached hydrogens (tertiary/aromatic N) is 4. The molecule has 0 N–H and O–H groups in total. The molecule has 570 valence electrons. The predicted molar refractivity (Wildman–Crippen MR) is 499 cm³/mol. The second-order valence-corrected chi connectivity index (χ2v) is 38.1. The Labute approximate surface area is 686 Å². The van der Waals surface area contributed by atoms with Gasteiger partial charge in [-0.25, -0.2) is 0 Å². The highest BCUT2D eigenvalue weighted by molar-refractivity contribution is 7.00. The lowest BCUT2D eigenvalue weighted by atomic mass is 9.33. The molecule has 4 aromatic heterocycles. The minimum absolute atomic E-state index is 0.0788. The number of para-hydroxylation sites is 4. The summed E-state index contributed by atoms with van der Waals surface area (Å²) in [6.45, 7) is 34.8. The Balaban J connectivity index is 0.969. The molecule has 0 atom stereocenters. The average molecular weight is 1520 g/mol. The van der Waals surface area contributed by atoms with E-state index in [4.69, 9.17) is 8.83 Å². The second-order valence-electron chi connectivity index (χ2n) is 38.1. The third kappa shape index (κ3) is 11.3. The van der Waals surface area contributed by atoms with Gasteiger partial charge in [0.2, 0.25) is 0 Å². The maximum atomic E-state index is 6.99. The van der Waals surface area contributed by atoms with Crippen LogP contribution in [0.15, 0.2) is 312 Å². The normalized spacial score (nSPS) is 13.4. The first-order valence-electron chi connectivity index (χ1n) is 41.7. The molecule has 0 saturated heterocycles. The lowest BCUT2D eigenvalue weighted by molar-refractivity contribution is 0.590. The average Bonchev–Trinajstić information content (AvgIpc) is 1.46. The maximum Gasteiger partial charge on any atom is 0.252 e. The molecular formula is C110H95BN4O2. The van der Waals surface area contributed by atoms with Gasteiger partial charge in [-0.2, -0.15) is 0 Å². The van der Waals surface area contributed by atoms with E-state index >= 15 is 0 Å². The first-order chi connectivity index (χ1) is 56.2. The summed E-state index contributed by atoms with van der Waals surface area (Å²) < 4.78 is 19.2. The molecule has 0 bridgehead atoms. The highest BCUT2D eigenvalue weighted by atomic mass is 16.3. The fraction of sp³-hybridized carbons (Fsp3) is 0.182. The summed E-state index contributed by atoms with van der Waals surface area (Å²) in [4.78, 5) is 5.44. The lowest BCUT2D eigenvalue weighted by Crippen LogP contribution is -2.61. The van der Waals surface area contributed by atoms with E-state index in [9.17, 15) is 0 Å². The molecule has 117 heavy (non-hydrogen) atoms. The summed E-state index contributed by atoms with van der Waals surface area (Å²) in [7, 11) is 0. The van der Waals surface area contributed by atoms with Crippen molar-refractivity contribution in [2.24, 2.45) is 0 Å². The lowest BCUT2D eigenvalue weighted by Gasteiger charge is -2.46. The van der Waals surface area contributed by atoms with Gasteiger partial charge < -0.3 is 27.8 Å². The number of aromatic nitrogens is 2. The molecule has 21 rings (SSSR count). The van der Waals surface area contributed by atoms with Crippen LogP contribution in [0.4, 0.5) is 34.1 Å². The monoisotopic (exact) mass is 1510 g/mol. The minimum Gasteiger partial charge on any atom is -0.456 e. The molecule has 7 heteroatoms. The summed E-state index contributed by atoms with van der Waals surface area (Å²) in [5.74, 6) is 0. The zero-order valence-corrected chi connectivity index (χ0v) is 69.6. The van der Waals surface area contributed by atoms with Crippen LogP contribution in [-0.2, 0) is 27.1 Å². The van der Waals surface area contributed by atoms with Crippen molar-refractivity contribution in [2.45, 2.75) is 131 Å². The van der Waals surface area contributed by atoms with Crippen LogP contribution in [0.1, 0.15) is 132 Å². The number of rotatable bonds is 8. The van der Waals surface area contributed by atoms with Gasteiger partial charge in [0.25, 0.3) is 6.71 Å². The van der Waals surface area contributed by atoms with Crippen LogP contribution in [0.25, 0.3) is 143 Å². The first kappa shape index (κ1) is 71.9. The van der Waals surface area contributed by atoms with Gasteiger partial charge >= 0.3 is 0 Å². The number of hydrogen-bond acceptors (Lipinski definition) is 4. The zero-order chi connectivity index (χ0) is 80.3. The van der Waals surface area contributed by atoms with Gasteiger partial charge in [-0.1, -0.05) is 292 Å². The van der Waals surface area contributed by atoms with Crippen molar-refractivity contribution in [1.29, 1.82) is 0 Å². The zero-order valence-electron chi connectivity index (χ0n) is 69.6. The van der Waals surface area contributed by atoms with Crippen molar-refractivity contribution in [2.75, 3.05) is 9.80 Å². The van der Waals surface area contributed by atoms with E-state index < -0.39 is 0 Å². The topological polar surface area (TPSA) is 42.6 Å². The number of furan rings is 2. The van der Waals surface area contributed by atoms with E-state index in [1.165, 1.54) is 76.8 Å². The summed E-state index contributed by atoms with van der Waals surface area (Å²) in [6, 6.07) is 116. The molecule has 0 radical (unpaired) electrons.